The first-order valence-corrected chi connectivity index (χ1v) is 7.54. The second kappa shape index (κ2) is 6.06. The zero-order chi connectivity index (χ0) is 15.5. The summed E-state index contributed by atoms with van der Waals surface area (Å²) in [4.78, 5) is 10.7. The molecule has 1 atom stereocenters. The molecule has 2 aromatic rings. The van der Waals surface area contributed by atoms with Crippen molar-refractivity contribution in [1.29, 1.82) is 5.26 Å². The van der Waals surface area contributed by atoms with E-state index < -0.39 is 0 Å². The van der Waals surface area contributed by atoms with E-state index in [0.717, 1.165) is 37.4 Å². The van der Waals surface area contributed by atoms with E-state index >= 15 is 0 Å². The average molecular weight is 296 g/mol. The number of nitrogens with two attached hydrogens (primary N) is 1. The summed E-state index contributed by atoms with van der Waals surface area (Å²) < 4.78 is 2.07. The van der Waals surface area contributed by atoms with Crippen LogP contribution in [0.5, 0.6) is 0 Å². The molecular formula is C16H20N6. The first kappa shape index (κ1) is 14.4. The van der Waals surface area contributed by atoms with E-state index in [0.29, 0.717) is 17.3 Å². The second-order valence-corrected chi connectivity index (χ2v) is 5.81. The lowest BCUT2D eigenvalue weighted by molar-refractivity contribution is 0.403. The van der Waals surface area contributed by atoms with Gasteiger partial charge in [0.25, 0.3) is 0 Å². The third kappa shape index (κ3) is 2.75. The van der Waals surface area contributed by atoms with Crippen LogP contribution in [-0.4, -0.2) is 27.6 Å². The Hall–Kier alpha value is -2.55. The second-order valence-electron chi connectivity index (χ2n) is 5.81. The van der Waals surface area contributed by atoms with Crippen LogP contribution in [0, 0.1) is 17.2 Å². The molecule has 0 saturated carbocycles. The first-order chi connectivity index (χ1) is 10.7. The fraction of sp³-hybridized carbons (Fsp3) is 0.438. The Morgan fingerprint density at radius 1 is 1.41 bits per heavy atom. The molecule has 1 unspecified atom stereocenters. The zero-order valence-electron chi connectivity index (χ0n) is 12.7. The number of imidazole rings is 1. The van der Waals surface area contributed by atoms with Crippen LogP contribution in [0.4, 0.5) is 11.5 Å². The van der Waals surface area contributed by atoms with Crippen molar-refractivity contribution in [1.82, 2.24) is 14.5 Å². The lowest BCUT2D eigenvalue weighted by atomic mass is 9.93. The molecule has 1 saturated heterocycles. The van der Waals surface area contributed by atoms with Crippen molar-refractivity contribution in [2.75, 3.05) is 23.7 Å². The normalized spacial score (nSPS) is 18.2. The van der Waals surface area contributed by atoms with E-state index in [2.05, 4.69) is 25.5 Å². The molecule has 0 spiro atoms. The highest BCUT2D eigenvalue weighted by atomic mass is 15.1. The number of hydrogen-bond acceptors (Lipinski definition) is 5. The van der Waals surface area contributed by atoms with E-state index in [4.69, 9.17) is 5.73 Å². The van der Waals surface area contributed by atoms with Gasteiger partial charge in [0.2, 0.25) is 0 Å². The van der Waals surface area contributed by atoms with Crippen LogP contribution in [0.25, 0.3) is 0 Å². The lowest BCUT2D eigenvalue weighted by Gasteiger charge is -2.34. The maximum atomic E-state index is 9.33. The van der Waals surface area contributed by atoms with Crippen LogP contribution in [0.15, 0.2) is 24.7 Å². The van der Waals surface area contributed by atoms with Crippen molar-refractivity contribution in [3.05, 3.63) is 36.0 Å². The summed E-state index contributed by atoms with van der Waals surface area (Å²) in [5, 5.41) is 9.33. The highest BCUT2D eigenvalue weighted by Crippen LogP contribution is 2.29. The number of nitriles is 1. The summed E-state index contributed by atoms with van der Waals surface area (Å²) in [5.74, 6) is 1.96. The maximum Gasteiger partial charge on any atom is 0.143 e. The number of nitrogen functional groups attached to an aromatic ring is 1. The molecule has 2 N–H and O–H groups in total. The SMILES string of the molecule is Cn1ccnc1CC1CCCN(c2ccnc(N)c2C#N)C1. The Morgan fingerprint density at radius 3 is 3.00 bits per heavy atom. The van der Waals surface area contributed by atoms with Crippen molar-refractivity contribution in [2.45, 2.75) is 19.3 Å². The summed E-state index contributed by atoms with van der Waals surface area (Å²) in [5.41, 5.74) is 7.22. The number of hydrogen-bond donors (Lipinski definition) is 1. The lowest BCUT2D eigenvalue weighted by Crippen LogP contribution is -2.37. The molecule has 114 valence electrons. The molecule has 3 rings (SSSR count). The predicted octanol–water partition coefficient (Wildman–Crippen LogP) is 1.73. The van der Waals surface area contributed by atoms with E-state index in [1.807, 2.05) is 25.5 Å². The Labute approximate surface area is 130 Å². The minimum atomic E-state index is 0.311. The molecule has 0 amide bonds. The van der Waals surface area contributed by atoms with Gasteiger partial charge >= 0.3 is 0 Å². The molecule has 6 heteroatoms. The fourth-order valence-electron chi connectivity index (χ4n) is 3.15. The molecule has 0 radical (unpaired) electrons. The number of aryl methyl sites for hydroxylation is 1. The largest absolute Gasteiger partial charge is 0.383 e. The Balaban J connectivity index is 1.78. The van der Waals surface area contributed by atoms with Crippen molar-refractivity contribution >= 4 is 11.5 Å². The topological polar surface area (TPSA) is 83.8 Å². The van der Waals surface area contributed by atoms with Gasteiger partial charge in [-0.25, -0.2) is 9.97 Å². The van der Waals surface area contributed by atoms with Gasteiger partial charge in [0.05, 0.1) is 5.69 Å². The van der Waals surface area contributed by atoms with Gasteiger partial charge in [0.1, 0.15) is 23.3 Å². The van der Waals surface area contributed by atoms with Crippen molar-refractivity contribution in [3.63, 3.8) is 0 Å². The molecule has 1 aliphatic heterocycles. The Bertz CT molecular complexity index is 699. The molecule has 3 heterocycles. The smallest absolute Gasteiger partial charge is 0.143 e. The number of piperidine rings is 1. The number of anilines is 2. The molecular weight excluding hydrogens is 276 g/mol. The standard InChI is InChI=1S/C16H20N6/c1-21-8-6-19-15(21)9-12-3-2-7-22(11-12)14-4-5-20-16(18)13(14)10-17/h4-6,8,12H,2-3,7,9,11H2,1H3,(H2,18,20). The Kier molecular flexibility index (Phi) is 3.96. The van der Waals surface area contributed by atoms with Crippen LogP contribution in [0.3, 0.4) is 0 Å². The molecule has 0 aliphatic carbocycles. The molecule has 0 aromatic carbocycles. The van der Waals surface area contributed by atoms with Crippen molar-refractivity contribution < 1.29 is 0 Å². The predicted molar refractivity (Wildman–Crippen MR) is 85.2 cm³/mol. The number of nitrogens with zero attached hydrogens (tertiary/aromatic N) is 5. The van der Waals surface area contributed by atoms with Gasteiger partial charge in [0, 0.05) is 45.1 Å². The van der Waals surface area contributed by atoms with Crippen LogP contribution in [0.1, 0.15) is 24.2 Å². The summed E-state index contributed by atoms with van der Waals surface area (Å²) in [6.45, 7) is 1.88. The molecule has 1 fully saturated rings. The highest BCUT2D eigenvalue weighted by Gasteiger charge is 2.24. The van der Waals surface area contributed by atoms with Crippen LogP contribution in [0.2, 0.25) is 0 Å². The van der Waals surface area contributed by atoms with Gasteiger partial charge < -0.3 is 15.2 Å². The summed E-state index contributed by atoms with van der Waals surface area (Å²) in [7, 11) is 2.03. The van der Waals surface area contributed by atoms with E-state index in [1.165, 1.54) is 6.42 Å². The average Bonchev–Trinajstić information content (AvgIpc) is 2.92. The van der Waals surface area contributed by atoms with Crippen LogP contribution >= 0.6 is 0 Å². The van der Waals surface area contributed by atoms with Gasteiger partial charge in [-0.2, -0.15) is 5.26 Å². The first-order valence-electron chi connectivity index (χ1n) is 7.54. The van der Waals surface area contributed by atoms with Gasteiger partial charge in [-0.3, -0.25) is 0 Å². The van der Waals surface area contributed by atoms with Gasteiger partial charge in [-0.05, 0) is 24.8 Å². The monoisotopic (exact) mass is 296 g/mol. The van der Waals surface area contributed by atoms with Gasteiger partial charge in [-0.15, -0.1) is 0 Å². The molecule has 1 aliphatic rings. The van der Waals surface area contributed by atoms with Crippen LogP contribution < -0.4 is 10.6 Å². The molecule has 22 heavy (non-hydrogen) atoms. The third-order valence-electron chi connectivity index (χ3n) is 4.32. The maximum absolute atomic E-state index is 9.33. The highest BCUT2D eigenvalue weighted by molar-refractivity contribution is 5.67. The van der Waals surface area contributed by atoms with Crippen molar-refractivity contribution in [2.24, 2.45) is 13.0 Å². The van der Waals surface area contributed by atoms with Crippen molar-refractivity contribution in [3.8, 4) is 6.07 Å². The van der Waals surface area contributed by atoms with E-state index in [1.54, 1.807) is 6.20 Å². The van der Waals surface area contributed by atoms with Crippen LogP contribution in [-0.2, 0) is 13.5 Å². The molecule has 0 bridgehead atoms. The minimum Gasteiger partial charge on any atom is -0.383 e. The molecule has 6 nitrogen and oxygen atoms in total. The number of rotatable bonds is 3. The number of aromatic nitrogens is 3. The summed E-state index contributed by atoms with van der Waals surface area (Å²) in [6, 6.07) is 4.07. The quantitative estimate of drug-likeness (QED) is 0.932. The fourth-order valence-corrected chi connectivity index (χ4v) is 3.15. The number of pyridine rings is 1. The van der Waals surface area contributed by atoms with Gasteiger partial charge in [0.15, 0.2) is 0 Å². The zero-order valence-corrected chi connectivity index (χ0v) is 12.7. The third-order valence-corrected chi connectivity index (χ3v) is 4.32. The molecule has 2 aromatic heterocycles. The summed E-state index contributed by atoms with van der Waals surface area (Å²) >= 11 is 0. The van der Waals surface area contributed by atoms with Gasteiger partial charge in [-0.1, -0.05) is 0 Å². The Morgan fingerprint density at radius 2 is 2.27 bits per heavy atom. The van der Waals surface area contributed by atoms with E-state index in [-0.39, 0.29) is 0 Å². The van der Waals surface area contributed by atoms with E-state index in [9.17, 15) is 5.26 Å². The minimum absolute atomic E-state index is 0.311. The summed E-state index contributed by atoms with van der Waals surface area (Å²) in [6.07, 6.45) is 8.75.